The Balaban J connectivity index is 2.60. The number of hydrogen-bond donors (Lipinski definition) is 1. The molecule has 0 bridgehead atoms. The van der Waals surface area contributed by atoms with Crippen LogP contribution < -0.4 is 5.32 Å². The fraction of sp³-hybridized carbons (Fsp3) is 0.692. The van der Waals surface area contributed by atoms with Crippen LogP contribution in [0, 0.1) is 17.8 Å². The summed E-state index contributed by atoms with van der Waals surface area (Å²) >= 11 is 0. The highest BCUT2D eigenvalue weighted by atomic mass is 16.2. The van der Waals surface area contributed by atoms with Crippen molar-refractivity contribution in [1.82, 2.24) is 10.2 Å². The Morgan fingerprint density at radius 3 is 2.76 bits per heavy atom. The molecule has 1 unspecified atom stereocenters. The van der Waals surface area contributed by atoms with Gasteiger partial charge in [0.15, 0.2) is 0 Å². The van der Waals surface area contributed by atoms with Gasteiger partial charge in [-0.2, -0.15) is 0 Å². The van der Waals surface area contributed by atoms with Crippen LogP contribution in [0.15, 0.2) is 0 Å². The van der Waals surface area contributed by atoms with Gasteiger partial charge in [0.05, 0.1) is 6.54 Å². The highest BCUT2D eigenvalue weighted by Gasteiger charge is 2.32. The van der Waals surface area contributed by atoms with E-state index in [1.165, 1.54) is 0 Å². The van der Waals surface area contributed by atoms with E-state index in [1.807, 2.05) is 13.8 Å². The van der Waals surface area contributed by atoms with Crippen molar-refractivity contribution in [2.45, 2.75) is 39.7 Å². The smallest absolute Gasteiger partial charge is 0.245 e. The van der Waals surface area contributed by atoms with E-state index in [9.17, 15) is 9.59 Å². The number of amides is 2. The Hall–Kier alpha value is -1.50. The first-order valence-corrected chi connectivity index (χ1v) is 6.02. The molecule has 1 fully saturated rings. The fourth-order valence-corrected chi connectivity index (χ4v) is 1.91. The number of carbonyl (C=O) groups is 2. The molecule has 4 nitrogen and oxygen atoms in total. The summed E-state index contributed by atoms with van der Waals surface area (Å²) in [5.41, 5.74) is 0. The number of rotatable bonds is 4. The van der Waals surface area contributed by atoms with Crippen LogP contribution in [0.1, 0.15) is 33.6 Å². The lowest BCUT2D eigenvalue weighted by atomic mass is 10.0. The molecule has 94 valence electrons. The lowest BCUT2D eigenvalue weighted by Crippen LogP contribution is -2.58. The van der Waals surface area contributed by atoms with Crippen LogP contribution in [-0.2, 0) is 9.59 Å². The number of hydrogen-bond acceptors (Lipinski definition) is 2. The van der Waals surface area contributed by atoms with Crippen molar-refractivity contribution in [1.29, 1.82) is 0 Å². The molecule has 0 aromatic rings. The molecule has 1 saturated heterocycles. The summed E-state index contributed by atoms with van der Waals surface area (Å²) < 4.78 is 0. The van der Waals surface area contributed by atoms with E-state index in [4.69, 9.17) is 0 Å². The Bertz CT molecular complexity index is 352. The van der Waals surface area contributed by atoms with E-state index >= 15 is 0 Å². The van der Waals surface area contributed by atoms with E-state index in [1.54, 1.807) is 11.8 Å². The van der Waals surface area contributed by atoms with Crippen molar-refractivity contribution < 1.29 is 9.59 Å². The predicted molar refractivity (Wildman–Crippen MR) is 66.0 cm³/mol. The second kappa shape index (κ2) is 6.29. The summed E-state index contributed by atoms with van der Waals surface area (Å²) in [6.45, 7) is 6.56. The number of piperazine rings is 1. The van der Waals surface area contributed by atoms with Gasteiger partial charge in [-0.15, -0.1) is 11.8 Å². The van der Waals surface area contributed by atoms with Crippen molar-refractivity contribution in [3.8, 4) is 11.8 Å². The van der Waals surface area contributed by atoms with E-state index in [0.717, 1.165) is 0 Å². The third-order valence-electron chi connectivity index (χ3n) is 2.67. The maximum atomic E-state index is 12.1. The summed E-state index contributed by atoms with van der Waals surface area (Å²) in [5, 5.41) is 2.75. The zero-order chi connectivity index (χ0) is 12.8. The topological polar surface area (TPSA) is 49.4 Å². The molecule has 0 aliphatic carbocycles. The van der Waals surface area contributed by atoms with Crippen LogP contribution >= 0.6 is 0 Å². The zero-order valence-electron chi connectivity index (χ0n) is 10.7. The molecule has 1 aliphatic rings. The average molecular weight is 236 g/mol. The molecule has 1 N–H and O–H groups in total. The predicted octanol–water partition coefficient (Wildman–Crippen LogP) is 0.773. The molecule has 1 aliphatic heterocycles. The van der Waals surface area contributed by atoms with Gasteiger partial charge >= 0.3 is 0 Å². The van der Waals surface area contributed by atoms with Gasteiger partial charge in [0.1, 0.15) is 6.04 Å². The number of nitrogens with zero attached hydrogens (tertiary/aromatic N) is 1. The van der Waals surface area contributed by atoms with Gasteiger partial charge in [-0.05, 0) is 19.3 Å². The third-order valence-corrected chi connectivity index (χ3v) is 2.67. The Kier molecular flexibility index (Phi) is 5.02. The lowest BCUT2D eigenvalue weighted by molar-refractivity contribution is -0.144. The minimum Gasteiger partial charge on any atom is -0.343 e. The Morgan fingerprint density at radius 1 is 1.47 bits per heavy atom. The van der Waals surface area contributed by atoms with Crippen molar-refractivity contribution in [3.05, 3.63) is 0 Å². The first-order valence-electron chi connectivity index (χ1n) is 6.02. The standard InChI is InChI=1S/C13H20N2O2/c1-4-5-6-7-15-9-12(16)14-11(13(15)17)8-10(2)3/h10-11H,6-9H2,1-3H3,(H,14,16). The number of carbonyl (C=O) groups excluding carboxylic acids is 2. The monoisotopic (exact) mass is 236 g/mol. The molecular weight excluding hydrogens is 216 g/mol. The summed E-state index contributed by atoms with van der Waals surface area (Å²) in [6, 6.07) is -0.356. The quantitative estimate of drug-likeness (QED) is 0.733. The molecule has 1 atom stereocenters. The Labute approximate surface area is 103 Å². The Morgan fingerprint density at radius 2 is 2.18 bits per heavy atom. The first-order chi connectivity index (χ1) is 8.04. The molecule has 4 heteroatoms. The van der Waals surface area contributed by atoms with E-state index < -0.39 is 0 Å². The van der Waals surface area contributed by atoms with Crippen LogP contribution in [0.4, 0.5) is 0 Å². The van der Waals surface area contributed by atoms with Gasteiger partial charge in [-0.3, -0.25) is 9.59 Å². The normalized spacial score (nSPS) is 20.0. The summed E-state index contributed by atoms with van der Waals surface area (Å²) in [6.07, 6.45) is 1.32. The maximum absolute atomic E-state index is 12.1. The first kappa shape index (κ1) is 13.6. The van der Waals surface area contributed by atoms with E-state index in [-0.39, 0.29) is 24.4 Å². The summed E-state index contributed by atoms with van der Waals surface area (Å²) in [4.78, 5) is 25.2. The molecule has 17 heavy (non-hydrogen) atoms. The van der Waals surface area contributed by atoms with Crippen LogP contribution in [0.25, 0.3) is 0 Å². The van der Waals surface area contributed by atoms with Crippen LogP contribution in [0.3, 0.4) is 0 Å². The van der Waals surface area contributed by atoms with Gasteiger partial charge < -0.3 is 10.2 Å². The largest absolute Gasteiger partial charge is 0.343 e. The van der Waals surface area contributed by atoms with E-state index in [0.29, 0.717) is 25.3 Å². The second-order valence-corrected chi connectivity index (χ2v) is 4.69. The molecule has 2 amide bonds. The van der Waals surface area contributed by atoms with Crippen LogP contribution in [0.2, 0.25) is 0 Å². The molecule has 1 heterocycles. The highest BCUT2D eigenvalue weighted by molar-refractivity contribution is 5.94. The fourth-order valence-electron chi connectivity index (χ4n) is 1.91. The SMILES string of the molecule is CC#CCCN1CC(=O)NC(CC(C)C)C1=O. The zero-order valence-corrected chi connectivity index (χ0v) is 10.7. The van der Waals surface area contributed by atoms with Gasteiger partial charge in [-0.1, -0.05) is 13.8 Å². The lowest BCUT2D eigenvalue weighted by Gasteiger charge is -2.32. The van der Waals surface area contributed by atoms with Gasteiger partial charge in [0.2, 0.25) is 11.8 Å². The van der Waals surface area contributed by atoms with Gasteiger partial charge in [0, 0.05) is 13.0 Å². The van der Waals surface area contributed by atoms with Crippen LogP contribution in [0.5, 0.6) is 0 Å². The maximum Gasteiger partial charge on any atom is 0.245 e. The van der Waals surface area contributed by atoms with Crippen LogP contribution in [-0.4, -0.2) is 35.8 Å². The summed E-state index contributed by atoms with van der Waals surface area (Å²) in [5.74, 6) is 6.04. The molecule has 0 aromatic heterocycles. The van der Waals surface area contributed by atoms with Crippen molar-refractivity contribution in [2.24, 2.45) is 5.92 Å². The molecule has 0 aromatic carbocycles. The second-order valence-electron chi connectivity index (χ2n) is 4.69. The van der Waals surface area contributed by atoms with E-state index in [2.05, 4.69) is 17.2 Å². The molecule has 0 saturated carbocycles. The minimum atomic E-state index is -0.356. The average Bonchev–Trinajstić information content (AvgIpc) is 2.24. The van der Waals surface area contributed by atoms with Crippen molar-refractivity contribution in [3.63, 3.8) is 0 Å². The third kappa shape index (κ3) is 4.10. The van der Waals surface area contributed by atoms with Crippen molar-refractivity contribution >= 4 is 11.8 Å². The molecule has 1 rings (SSSR count). The van der Waals surface area contributed by atoms with Gasteiger partial charge in [0.25, 0.3) is 0 Å². The summed E-state index contributed by atoms with van der Waals surface area (Å²) in [7, 11) is 0. The highest BCUT2D eigenvalue weighted by Crippen LogP contribution is 2.11. The van der Waals surface area contributed by atoms with Gasteiger partial charge in [-0.25, -0.2) is 0 Å². The molecular formula is C13H20N2O2. The minimum absolute atomic E-state index is 0.0243. The number of nitrogens with one attached hydrogen (secondary N) is 1. The molecule has 0 radical (unpaired) electrons. The molecule has 0 spiro atoms. The van der Waals surface area contributed by atoms with Crippen molar-refractivity contribution in [2.75, 3.05) is 13.1 Å².